The van der Waals surface area contributed by atoms with E-state index >= 15 is 0 Å². The molecule has 0 unspecified atom stereocenters. The summed E-state index contributed by atoms with van der Waals surface area (Å²) >= 11 is 0. The predicted octanol–water partition coefficient (Wildman–Crippen LogP) is 2.70. The summed E-state index contributed by atoms with van der Waals surface area (Å²) in [5.74, 6) is 0.932. The number of rotatable bonds is 5. The number of hydrogen-bond donors (Lipinski definition) is 1. The molecule has 0 aliphatic carbocycles. The zero-order valence-corrected chi connectivity index (χ0v) is 9.76. The Balaban J connectivity index is 4.14. The van der Waals surface area contributed by atoms with E-state index in [4.69, 9.17) is 11.2 Å². The number of hydrogen-bond acceptors (Lipinski definition) is 2. The van der Waals surface area contributed by atoms with Crippen LogP contribution in [0.5, 0.6) is 0 Å². The third-order valence-corrected chi connectivity index (χ3v) is 1.82. The highest BCUT2D eigenvalue weighted by Gasteiger charge is 2.30. The zero-order valence-electron chi connectivity index (χ0n) is 9.76. The molecule has 14 heavy (non-hydrogen) atoms. The first kappa shape index (κ1) is 13.5. The summed E-state index contributed by atoms with van der Waals surface area (Å²) in [6.07, 6.45) is 8.85. The van der Waals surface area contributed by atoms with E-state index in [0.717, 1.165) is 19.3 Å². The van der Waals surface area contributed by atoms with Crippen LogP contribution in [0.1, 0.15) is 53.4 Å². The first-order valence-corrected chi connectivity index (χ1v) is 5.23. The minimum absolute atomic E-state index is 0.409. The van der Waals surface area contributed by atoms with Gasteiger partial charge in [-0.25, -0.2) is 0 Å². The van der Waals surface area contributed by atoms with Gasteiger partial charge in [-0.05, 0) is 33.1 Å². The Morgan fingerprint density at radius 1 is 1.29 bits per heavy atom. The lowest BCUT2D eigenvalue weighted by atomic mass is 10.1. The van der Waals surface area contributed by atoms with E-state index in [1.54, 1.807) is 0 Å². The smallest absolute Gasteiger partial charge is 0.231 e. The van der Waals surface area contributed by atoms with Gasteiger partial charge in [-0.2, -0.15) is 0 Å². The van der Waals surface area contributed by atoms with E-state index in [1.165, 1.54) is 0 Å². The van der Waals surface area contributed by atoms with Gasteiger partial charge in [-0.1, -0.05) is 19.8 Å². The molecular weight excluding hydrogens is 176 g/mol. The van der Waals surface area contributed by atoms with E-state index < -0.39 is 11.4 Å². The largest absolute Gasteiger partial charge is 0.356 e. The fraction of sp³-hybridized carbons (Fsp3) is 0.833. The van der Waals surface area contributed by atoms with Crippen LogP contribution < -0.4 is 0 Å². The molecule has 0 aromatic heterocycles. The van der Waals surface area contributed by atoms with Gasteiger partial charge in [0.05, 0.1) is 5.60 Å². The number of terminal acetylenes is 1. The molecule has 0 rings (SSSR count). The molecule has 0 aromatic rings. The van der Waals surface area contributed by atoms with Gasteiger partial charge in [0.25, 0.3) is 0 Å². The van der Waals surface area contributed by atoms with Crippen LogP contribution >= 0.6 is 0 Å². The van der Waals surface area contributed by atoms with Gasteiger partial charge >= 0.3 is 0 Å². The summed E-state index contributed by atoms with van der Waals surface area (Å²) in [4.78, 5) is 0. The highest BCUT2D eigenvalue weighted by atomic mass is 16.6. The normalized spacial score (nSPS) is 16.0. The van der Waals surface area contributed by atoms with Gasteiger partial charge in [0.15, 0.2) is 0 Å². The van der Waals surface area contributed by atoms with Gasteiger partial charge in [0.1, 0.15) is 0 Å². The van der Waals surface area contributed by atoms with Crippen molar-refractivity contribution in [2.24, 2.45) is 0 Å². The minimum Gasteiger partial charge on any atom is -0.356 e. The second kappa shape index (κ2) is 5.38. The Kier molecular flexibility index (Phi) is 5.18. The summed E-state index contributed by atoms with van der Waals surface area (Å²) in [6, 6.07) is 0. The lowest BCUT2D eigenvalue weighted by molar-refractivity contribution is -0.219. The van der Waals surface area contributed by atoms with Crippen molar-refractivity contribution in [3.05, 3.63) is 0 Å². The molecule has 0 fully saturated rings. The second-order valence-electron chi connectivity index (χ2n) is 4.60. The minimum atomic E-state index is -1.40. The molecule has 0 bridgehead atoms. The number of aliphatic hydroxyl groups is 1. The van der Waals surface area contributed by atoms with Gasteiger partial charge in [0.2, 0.25) is 5.79 Å². The van der Waals surface area contributed by atoms with Crippen molar-refractivity contribution in [2.45, 2.75) is 64.8 Å². The third kappa shape index (κ3) is 6.01. The van der Waals surface area contributed by atoms with Crippen LogP contribution in [0.2, 0.25) is 0 Å². The monoisotopic (exact) mass is 198 g/mol. The topological polar surface area (TPSA) is 29.5 Å². The fourth-order valence-corrected chi connectivity index (χ4v) is 1.27. The summed E-state index contributed by atoms with van der Waals surface area (Å²) in [5, 5.41) is 9.92. The SMILES string of the molecule is C#C[C@](O)(CCCCC)OC(C)(C)C. The van der Waals surface area contributed by atoms with E-state index in [-0.39, 0.29) is 0 Å². The lowest BCUT2D eigenvalue weighted by Gasteiger charge is -2.31. The molecule has 0 aliphatic heterocycles. The van der Waals surface area contributed by atoms with Crippen molar-refractivity contribution < 1.29 is 9.84 Å². The van der Waals surface area contributed by atoms with Crippen LogP contribution in [0, 0.1) is 12.3 Å². The Hall–Kier alpha value is -0.520. The van der Waals surface area contributed by atoms with Crippen LogP contribution in [0.4, 0.5) is 0 Å². The maximum atomic E-state index is 9.92. The van der Waals surface area contributed by atoms with Gasteiger partial charge in [-0.15, -0.1) is 6.42 Å². The average Bonchev–Trinajstić information content (AvgIpc) is 2.02. The van der Waals surface area contributed by atoms with Gasteiger partial charge in [0, 0.05) is 6.42 Å². The Bertz CT molecular complexity index is 197. The molecule has 0 saturated carbocycles. The second-order valence-corrected chi connectivity index (χ2v) is 4.60. The molecule has 0 radical (unpaired) electrons. The molecule has 2 nitrogen and oxygen atoms in total. The van der Waals surface area contributed by atoms with E-state index in [9.17, 15) is 5.11 Å². The highest BCUT2D eigenvalue weighted by Crippen LogP contribution is 2.22. The first-order chi connectivity index (χ1) is 6.33. The molecule has 0 spiro atoms. The van der Waals surface area contributed by atoms with Gasteiger partial charge in [-0.3, -0.25) is 0 Å². The molecule has 0 saturated heterocycles. The maximum Gasteiger partial charge on any atom is 0.231 e. The van der Waals surface area contributed by atoms with Crippen LogP contribution in [-0.2, 0) is 4.74 Å². The molecule has 0 aliphatic rings. The van der Waals surface area contributed by atoms with Crippen molar-refractivity contribution in [1.29, 1.82) is 0 Å². The fourth-order valence-electron chi connectivity index (χ4n) is 1.27. The average molecular weight is 198 g/mol. The van der Waals surface area contributed by atoms with E-state index in [1.807, 2.05) is 20.8 Å². The predicted molar refractivity (Wildman–Crippen MR) is 58.8 cm³/mol. The number of ether oxygens (including phenoxy) is 1. The van der Waals surface area contributed by atoms with Crippen molar-refractivity contribution in [2.75, 3.05) is 0 Å². The molecular formula is C12H22O2. The Morgan fingerprint density at radius 3 is 2.21 bits per heavy atom. The summed E-state index contributed by atoms with van der Waals surface area (Å²) in [6.45, 7) is 7.76. The van der Waals surface area contributed by atoms with Crippen LogP contribution in [-0.4, -0.2) is 16.5 Å². The molecule has 0 amide bonds. The summed E-state index contributed by atoms with van der Waals surface area (Å²) in [5.41, 5.74) is -0.409. The quantitative estimate of drug-likeness (QED) is 0.418. The lowest BCUT2D eigenvalue weighted by Crippen LogP contribution is -2.38. The number of unbranched alkanes of at least 4 members (excludes halogenated alkanes) is 2. The van der Waals surface area contributed by atoms with Gasteiger partial charge < -0.3 is 9.84 Å². The molecule has 0 heterocycles. The first-order valence-electron chi connectivity index (χ1n) is 5.23. The maximum absolute atomic E-state index is 9.92. The summed E-state index contributed by atoms with van der Waals surface area (Å²) < 4.78 is 5.44. The summed E-state index contributed by atoms with van der Waals surface area (Å²) in [7, 11) is 0. The molecule has 0 aromatic carbocycles. The van der Waals surface area contributed by atoms with Crippen molar-refractivity contribution in [1.82, 2.24) is 0 Å². The van der Waals surface area contributed by atoms with Crippen molar-refractivity contribution in [3.8, 4) is 12.3 Å². The van der Waals surface area contributed by atoms with Crippen LogP contribution in [0.15, 0.2) is 0 Å². The molecule has 1 N–H and O–H groups in total. The molecule has 82 valence electrons. The Labute approximate surface area is 87.7 Å². The van der Waals surface area contributed by atoms with Crippen molar-refractivity contribution in [3.63, 3.8) is 0 Å². The standard InChI is InChI=1S/C12H22O2/c1-6-8-9-10-12(13,7-2)14-11(3,4)5/h2,13H,6,8-10H2,1,3-5H3/t12-/m1/s1. The van der Waals surface area contributed by atoms with Crippen molar-refractivity contribution >= 4 is 0 Å². The molecule has 1 atom stereocenters. The van der Waals surface area contributed by atoms with E-state index in [0.29, 0.717) is 6.42 Å². The van der Waals surface area contributed by atoms with E-state index in [2.05, 4.69) is 12.8 Å². The third-order valence-electron chi connectivity index (χ3n) is 1.82. The van der Waals surface area contributed by atoms with Crippen LogP contribution in [0.25, 0.3) is 0 Å². The highest BCUT2D eigenvalue weighted by molar-refractivity contribution is 5.02. The van der Waals surface area contributed by atoms with Crippen LogP contribution in [0.3, 0.4) is 0 Å². The Morgan fingerprint density at radius 2 is 1.86 bits per heavy atom. The molecule has 2 heteroatoms. The zero-order chi connectivity index (χ0) is 11.2.